The molecular weight excluding hydrogens is 266 g/mol. The van der Waals surface area contributed by atoms with Gasteiger partial charge < -0.3 is 10.1 Å². The van der Waals surface area contributed by atoms with E-state index in [0.29, 0.717) is 18.3 Å². The van der Waals surface area contributed by atoms with Gasteiger partial charge in [0.05, 0.1) is 6.61 Å². The van der Waals surface area contributed by atoms with E-state index in [0.717, 1.165) is 11.3 Å². The molecule has 0 saturated heterocycles. The lowest BCUT2D eigenvalue weighted by molar-refractivity contribution is -0.127. The number of aromatic amines is 1. The Labute approximate surface area is 124 Å². The first kappa shape index (κ1) is 15.3. The molecule has 0 aliphatic rings. The quantitative estimate of drug-likeness (QED) is 0.858. The number of rotatable bonds is 6. The Morgan fingerprint density at radius 3 is 2.62 bits per heavy atom. The zero-order valence-corrected chi connectivity index (χ0v) is 12.6. The normalized spacial score (nSPS) is 12.4. The van der Waals surface area contributed by atoms with Crippen molar-refractivity contribution >= 4 is 11.7 Å². The highest BCUT2D eigenvalue weighted by atomic mass is 16.5. The highest BCUT2D eigenvalue weighted by molar-refractivity contribution is 5.93. The number of ether oxygens (including phenoxy) is 1. The summed E-state index contributed by atoms with van der Waals surface area (Å²) < 4.78 is 5.57. The van der Waals surface area contributed by atoms with E-state index in [1.165, 1.54) is 0 Å². The van der Waals surface area contributed by atoms with Crippen LogP contribution in [0.2, 0.25) is 0 Å². The second kappa shape index (κ2) is 7.04. The molecule has 1 heterocycles. The molecule has 5 nitrogen and oxygen atoms in total. The molecule has 0 spiro atoms. The Hall–Kier alpha value is -2.14. The zero-order chi connectivity index (χ0) is 15.2. The minimum absolute atomic E-state index is 0.201. The predicted molar refractivity (Wildman–Crippen MR) is 82.0 cm³/mol. The first-order valence-corrected chi connectivity index (χ1v) is 7.08. The van der Waals surface area contributed by atoms with Crippen molar-refractivity contribution in [3.05, 3.63) is 47.7 Å². The molecule has 2 rings (SSSR count). The summed E-state index contributed by atoms with van der Waals surface area (Å²) in [6.45, 7) is 6.26. The third kappa shape index (κ3) is 4.43. The summed E-state index contributed by atoms with van der Waals surface area (Å²) in [6.07, 6.45) is -0.538. The number of nitrogens with one attached hydrogen (secondary N) is 2. The van der Waals surface area contributed by atoms with E-state index in [4.69, 9.17) is 4.74 Å². The van der Waals surface area contributed by atoms with E-state index in [1.54, 1.807) is 6.92 Å². The van der Waals surface area contributed by atoms with E-state index < -0.39 is 6.10 Å². The maximum absolute atomic E-state index is 12.0. The maximum Gasteiger partial charge on any atom is 0.254 e. The smallest absolute Gasteiger partial charge is 0.254 e. The number of H-pyrrole nitrogens is 1. The summed E-state index contributed by atoms with van der Waals surface area (Å²) in [7, 11) is 0. The second-order valence-corrected chi connectivity index (χ2v) is 5.29. The lowest BCUT2D eigenvalue weighted by Crippen LogP contribution is -2.27. The van der Waals surface area contributed by atoms with Gasteiger partial charge >= 0.3 is 0 Å². The fraction of sp³-hybridized carbons (Fsp3) is 0.375. The van der Waals surface area contributed by atoms with Crippen LogP contribution in [0, 0.1) is 0 Å². The van der Waals surface area contributed by atoms with Gasteiger partial charge in [0, 0.05) is 11.8 Å². The number of nitrogens with zero attached hydrogens (tertiary/aromatic N) is 1. The van der Waals surface area contributed by atoms with Gasteiger partial charge in [-0.15, -0.1) is 0 Å². The van der Waals surface area contributed by atoms with Crippen LogP contribution in [0.15, 0.2) is 36.4 Å². The van der Waals surface area contributed by atoms with Crippen LogP contribution in [0.5, 0.6) is 0 Å². The van der Waals surface area contributed by atoms with Crippen LogP contribution in [0.25, 0.3) is 0 Å². The van der Waals surface area contributed by atoms with E-state index >= 15 is 0 Å². The second-order valence-electron chi connectivity index (χ2n) is 5.29. The molecule has 21 heavy (non-hydrogen) atoms. The van der Waals surface area contributed by atoms with Gasteiger partial charge in [0.1, 0.15) is 6.10 Å². The third-order valence-corrected chi connectivity index (χ3v) is 3.18. The van der Waals surface area contributed by atoms with E-state index in [-0.39, 0.29) is 5.91 Å². The standard InChI is InChI=1S/C16H21N3O2/c1-11(2)14-9-15(19-18-14)17-16(20)12(3)21-10-13-7-5-4-6-8-13/h4-9,11-12H,10H2,1-3H3,(H2,17,18,19,20). The number of amides is 1. The molecule has 1 amide bonds. The highest BCUT2D eigenvalue weighted by Crippen LogP contribution is 2.15. The first-order chi connectivity index (χ1) is 10.1. The fourth-order valence-corrected chi connectivity index (χ4v) is 1.80. The van der Waals surface area contributed by atoms with E-state index in [9.17, 15) is 4.79 Å². The molecule has 0 bridgehead atoms. The number of anilines is 1. The molecule has 0 aliphatic carbocycles. The Kier molecular flexibility index (Phi) is 5.11. The topological polar surface area (TPSA) is 67.0 Å². The molecule has 112 valence electrons. The van der Waals surface area contributed by atoms with Gasteiger partial charge in [-0.3, -0.25) is 9.89 Å². The minimum Gasteiger partial charge on any atom is -0.364 e. The molecule has 2 N–H and O–H groups in total. The monoisotopic (exact) mass is 287 g/mol. The summed E-state index contributed by atoms with van der Waals surface area (Å²) in [5, 5.41) is 9.71. The van der Waals surface area contributed by atoms with Crippen LogP contribution in [0.4, 0.5) is 5.82 Å². The predicted octanol–water partition coefficient (Wildman–Crippen LogP) is 3.08. The largest absolute Gasteiger partial charge is 0.364 e. The van der Waals surface area contributed by atoms with Crippen molar-refractivity contribution in [2.75, 3.05) is 5.32 Å². The van der Waals surface area contributed by atoms with Crippen molar-refractivity contribution in [1.29, 1.82) is 0 Å². The van der Waals surface area contributed by atoms with Crippen molar-refractivity contribution in [2.45, 2.75) is 39.4 Å². The van der Waals surface area contributed by atoms with Gasteiger partial charge in [-0.25, -0.2) is 0 Å². The molecule has 1 atom stereocenters. The third-order valence-electron chi connectivity index (χ3n) is 3.18. The minimum atomic E-state index is -0.538. The number of hydrogen-bond donors (Lipinski definition) is 2. The van der Waals surface area contributed by atoms with Crippen LogP contribution in [-0.4, -0.2) is 22.2 Å². The molecule has 0 fully saturated rings. The molecule has 2 aromatic rings. The summed E-state index contributed by atoms with van der Waals surface area (Å²) in [6, 6.07) is 11.6. The van der Waals surface area contributed by atoms with E-state index in [2.05, 4.69) is 29.4 Å². The van der Waals surface area contributed by atoms with Crippen LogP contribution in [-0.2, 0) is 16.1 Å². The summed E-state index contributed by atoms with van der Waals surface area (Å²) in [4.78, 5) is 12.0. The van der Waals surface area contributed by atoms with Crippen molar-refractivity contribution in [3.63, 3.8) is 0 Å². The molecule has 1 unspecified atom stereocenters. The van der Waals surface area contributed by atoms with Crippen LogP contribution in [0.1, 0.15) is 37.9 Å². The molecule has 1 aromatic carbocycles. The fourth-order valence-electron chi connectivity index (χ4n) is 1.80. The molecule has 0 radical (unpaired) electrons. The molecule has 1 aromatic heterocycles. The van der Waals surface area contributed by atoms with Crippen LogP contribution in [0.3, 0.4) is 0 Å². The van der Waals surface area contributed by atoms with E-state index in [1.807, 2.05) is 36.4 Å². The van der Waals surface area contributed by atoms with Crippen molar-refractivity contribution in [3.8, 4) is 0 Å². The van der Waals surface area contributed by atoms with Crippen molar-refractivity contribution in [1.82, 2.24) is 10.2 Å². The van der Waals surface area contributed by atoms with Gasteiger partial charge in [0.2, 0.25) is 0 Å². The van der Waals surface area contributed by atoms with Gasteiger partial charge in [0.15, 0.2) is 5.82 Å². The SMILES string of the molecule is CC(OCc1ccccc1)C(=O)Nc1cc(C(C)C)[nH]n1. The number of carbonyl (C=O) groups is 1. The molecule has 5 heteroatoms. The van der Waals surface area contributed by atoms with Gasteiger partial charge in [0.25, 0.3) is 5.91 Å². The Balaban J connectivity index is 1.84. The van der Waals surface area contributed by atoms with Crippen molar-refractivity contribution < 1.29 is 9.53 Å². The Morgan fingerprint density at radius 1 is 1.29 bits per heavy atom. The number of carbonyl (C=O) groups excluding carboxylic acids is 1. The van der Waals surface area contributed by atoms with Crippen molar-refractivity contribution in [2.24, 2.45) is 0 Å². The number of aromatic nitrogens is 2. The number of hydrogen-bond acceptors (Lipinski definition) is 3. The lowest BCUT2D eigenvalue weighted by atomic mass is 10.1. The molecule has 0 saturated carbocycles. The zero-order valence-electron chi connectivity index (χ0n) is 12.6. The Bertz CT molecular complexity index is 578. The number of benzene rings is 1. The average Bonchev–Trinajstić information content (AvgIpc) is 2.94. The summed E-state index contributed by atoms with van der Waals surface area (Å²) in [5.41, 5.74) is 2.03. The molecule has 0 aliphatic heterocycles. The van der Waals surface area contributed by atoms with Gasteiger partial charge in [-0.2, -0.15) is 5.10 Å². The van der Waals surface area contributed by atoms with Crippen LogP contribution >= 0.6 is 0 Å². The lowest BCUT2D eigenvalue weighted by Gasteiger charge is -2.12. The highest BCUT2D eigenvalue weighted by Gasteiger charge is 2.15. The summed E-state index contributed by atoms with van der Waals surface area (Å²) >= 11 is 0. The Morgan fingerprint density at radius 2 is 2.00 bits per heavy atom. The van der Waals surface area contributed by atoms with Gasteiger partial charge in [-0.1, -0.05) is 44.2 Å². The summed E-state index contributed by atoms with van der Waals surface area (Å²) in [5.74, 6) is 0.668. The first-order valence-electron chi connectivity index (χ1n) is 7.08. The van der Waals surface area contributed by atoms with Gasteiger partial charge in [-0.05, 0) is 18.4 Å². The average molecular weight is 287 g/mol. The maximum atomic E-state index is 12.0. The van der Waals surface area contributed by atoms with Crippen LogP contribution < -0.4 is 5.32 Å². The molecular formula is C16H21N3O2.